The lowest BCUT2D eigenvalue weighted by atomic mass is 10.1. The maximum absolute atomic E-state index is 10.3. The summed E-state index contributed by atoms with van der Waals surface area (Å²) in [4.78, 5) is 16.9. The standard InChI is InChI=1S/C11H11NO2S2/c1-8-11(16-6-12-8)9(5-14-7-13)10-3-2-4-15-10/h2-4,6-7,9H,5H2,1H3. The lowest BCUT2D eigenvalue weighted by Crippen LogP contribution is -2.07. The fourth-order valence-corrected chi connectivity index (χ4v) is 3.36. The normalized spacial score (nSPS) is 12.3. The second-order valence-electron chi connectivity index (χ2n) is 3.30. The summed E-state index contributed by atoms with van der Waals surface area (Å²) in [5.74, 6) is 0.123. The summed E-state index contributed by atoms with van der Waals surface area (Å²) in [5, 5.41) is 2.03. The van der Waals surface area contributed by atoms with Gasteiger partial charge >= 0.3 is 0 Å². The van der Waals surface area contributed by atoms with E-state index in [-0.39, 0.29) is 5.92 Å². The number of carbonyl (C=O) groups is 1. The second kappa shape index (κ2) is 5.23. The van der Waals surface area contributed by atoms with Gasteiger partial charge in [-0.25, -0.2) is 4.98 Å². The van der Waals surface area contributed by atoms with Crippen molar-refractivity contribution in [2.45, 2.75) is 12.8 Å². The molecule has 0 fully saturated rings. The molecule has 2 heterocycles. The Kier molecular flexibility index (Phi) is 3.69. The molecule has 0 bridgehead atoms. The molecule has 0 saturated heterocycles. The largest absolute Gasteiger partial charge is 0.467 e. The van der Waals surface area contributed by atoms with E-state index in [4.69, 9.17) is 4.74 Å². The molecule has 0 aliphatic heterocycles. The lowest BCUT2D eigenvalue weighted by molar-refractivity contribution is -0.128. The molecular formula is C11H11NO2S2. The average molecular weight is 253 g/mol. The predicted octanol–water partition coefficient (Wildman–Crippen LogP) is 2.82. The Hall–Kier alpha value is -1.20. The van der Waals surface area contributed by atoms with E-state index in [1.165, 1.54) is 9.75 Å². The molecule has 3 nitrogen and oxygen atoms in total. The van der Waals surface area contributed by atoms with E-state index in [1.54, 1.807) is 22.7 Å². The Bertz CT molecular complexity index is 450. The zero-order chi connectivity index (χ0) is 11.4. The van der Waals surface area contributed by atoms with Crippen molar-refractivity contribution < 1.29 is 9.53 Å². The zero-order valence-electron chi connectivity index (χ0n) is 8.75. The van der Waals surface area contributed by atoms with Crippen LogP contribution in [-0.2, 0) is 9.53 Å². The molecule has 0 aliphatic carbocycles. The number of thiophene rings is 1. The van der Waals surface area contributed by atoms with E-state index in [1.807, 2.05) is 23.9 Å². The first kappa shape index (κ1) is 11.3. The first-order valence-corrected chi connectivity index (χ1v) is 6.57. The van der Waals surface area contributed by atoms with Gasteiger partial charge in [0.1, 0.15) is 6.61 Å². The molecule has 0 amide bonds. The highest BCUT2D eigenvalue weighted by atomic mass is 32.1. The van der Waals surface area contributed by atoms with Crippen LogP contribution in [-0.4, -0.2) is 18.1 Å². The van der Waals surface area contributed by atoms with Gasteiger partial charge in [0.2, 0.25) is 0 Å². The van der Waals surface area contributed by atoms with Crippen LogP contribution < -0.4 is 0 Å². The zero-order valence-corrected chi connectivity index (χ0v) is 10.4. The van der Waals surface area contributed by atoms with Gasteiger partial charge in [0.05, 0.1) is 17.1 Å². The first-order chi connectivity index (χ1) is 7.83. The van der Waals surface area contributed by atoms with E-state index in [9.17, 15) is 4.79 Å². The van der Waals surface area contributed by atoms with Gasteiger partial charge in [-0.3, -0.25) is 4.79 Å². The molecule has 5 heteroatoms. The number of thiazole rings is 1. The van der Waals surface area contributed by atoms with Gasteiger partial charge in [0.15, 0.2) is 0 Å². The van der Waals surface area contributed by atoms with E-state index in [2.05, 4.69) is 11.1 Å². The van der Waals surface area contributed by atoms with E-state index in [0.29, 0.717) is 13.1 Å². The molecule has 0 saturated carbocycles. The van der Waals surface area contributed by atoms with Crippen molar-refractivity contribution in [3.63, 3.8) is 0 Å². The number of aromatic nitrogens is 1. The first-order valence-electron chi connectivity index (χ1n) is 4.81. The van der Waals surface area contributed by atoms with Gasteiger partial charge in [-0.15, -0.1) is 22.7 Å². The van der Waals surface area contributed by atoms with Crippen LogP contribution in [0.4, 0.5) is 0 Å². The van der Waals surface area contributed by atoms with Crippen LogP contribution >= 0.6 is 22.7 Å². The summed E-state index contributed by atoms with van der Waals surface area (Å²) in [6, 6.07) is 4.06. The van der Waals surface area contributed by atoms with Gasteiger partial charge < -0.3 is 4.74 Å². The van der Waals surface area contributed by atoms with Crippen LogP contribution in [0.3, 0.4) is 0 Å². The fraction of sp³-hybridized carbons (Fsp3) is 0.273. The second-order valence-corrected chi connectivity index (χ2v) is 5.17. The topological polar surface area (TPSA) is 39.2 Å². The maximum Gasteiger partial charge on any atom is 0.293 e. The Morgan fingerprint density at radius 2 is 2.44 bits per heavy atom. The van der Waals surface area contributed by atoms with Gasteiger partial charge in [0.25, 0.3) is 6.47 Å². The van der Waals surface area contributed by atoms with Crippen LogP contribution in [0.1, 0.15) is 21.4 Å². The third-order valence-corrected chi connectivity index (χ3v) is 4.35. The molecule has 0 aromatic carbocycles. The van der Waals surface area contributed by atoms with Gasteiger partial charge in [-0.2, -0.15) is 0 Å². The smallest absolute Gasteiger partial charge is 0.293 e. The van der Waals surface area contributed by atoms with Crippen LogP contribution in [0.5, 0.6) is 0 Å². The predicted molar refractivity (Wildman–Crippen MR) is 65.0 cm³/mol. The summed E-state index contributed by atoms with van der Waals surface area (Å²) in [6.07, 6.45) is 0. The van der Waals surface area contributed by atoms with Gasteiger partial charge in [-0.1, -0.05) is 6.07 Å². The number of rotatable bonds is 5. The summed E-state index contributed by atoms with van der Waals surface area (Å²) >= 11 is 3.28. The molecule has 2 aromatic heterocycles. The molecule has 1 unspecified atom stereocenters. The van der Waals surface area contributed by atoms with Crippen molar-refractivity contribution >= 4 is 29.1 Å². The minimum atomic E-state index is 0.123. The van der Waals surface area contributed by atoms with Crippen LogP contribution in [0.2, 0.25) is 0 Å². The number of carbonyl (C=O) groups excluding carboxylic acids is 1. The highest BCUT2D eigenvalue weighted by Gasteiger charge is 2.19. The fourth-order valence-electron chi connectivity index (χ4n) is 1.56. The minimum absolute atomic E-state index is 0.123. The van der Waals surface area contributed by atoms with Crippen molar-refractivity contribution in [1.82, 2.24) is 4.98 Å². The molecule has 16 heavy (non-hydrogen) atoms. The summed E-state index contributed by atoms with van der Waals surface area (Å²) in [7, 11) is 0. The third kappa shape index (κ3) is 2.31. The number of hydrogen-bond acceptors (Lipinski definition) is 5. The molecule has 2 rings (SSSR count). The highest BCUT2D eigenvalue weighted by Crippen LogP contribution is 2.32. The molecule has 0 radical (unpaired) electrons. The highest BCUT2D eigenvalue weighted by molar-refractivity contribution is 7.11. The van der Waals surface area contributed by atoms with Crippen LogP contribution in [0.15, 0.2) is 23.0 Å². The van der Waals surface area contributed by atoms with Crippen molar-refractivity contribution in [3.8, 4) is 0 Å². The Balaban J connectivity index is 2.28. The summed E-state index contributed by atoms with van der Waals surface area (Å²) < 4.78 is 4.90. The average Bonchev–Trinajstić information content (AvgIpc) is 2.91. The maximum atomic E-state index is 10.3. The number of hydrogen-bond donors (Lipinski definition) is 0. The van der Waals surface area contributed by atoms with E-state index < -0.39 is 0 Å². The Morgan fingerprint density at radius 3 is 3.00 bits per heavy atom. The molecule has 0 N–H and O–H groups in total. The van der Waals surface area contributed by atoms with E-state index >= 15 is 0 Å². The molecule has 1 atom stereocenters. The van der Waals surface area contributed by atoms with Gasteiger partial charge in [0, 0.05) is 9.75 Å². The molecule has 2 aromatic rings. The monoisotopic (exact) mass is 253 g/mol. The molecule has 84 valence electrons. The van der Waals surface area contributed by atoms with Crippen molar-refractivity contribution in [2.75, 3.05) is 6.61 Å². The molecule has 0 spiro atoms. The minimum Gasteiger partial charge on any atom is -0.467 e. The van der Waals surface area contributed by atoms with E-state index in [0.717, 1.165) is 5.69 Å². The SMILES string of the molecule is Cc1ncsc1C(COC=O)c1cccs1. The Labute approximate surface area is 102 Å². The van der Waals surface area contributed by atoms with Crippen LogP contribution in [0, 0.1) is 6.92 Å². The number of aryl methyl sites for hydroxylation is 1. The molecule has 0 aliphatic rings. The number of nitrogens with zero attached hydrogens (tertiary/aromatic N) is 1. The van der Waals surface area contributed by atoms with Crippen molar-refractivity contribution in [1.29, 1.82) is 0 Å². The third-order valence-electron chi connectivity index (χ3n) is 2.32. The summed E-state index contributed by atoms with van der Waals surface area (Å²) in [6.45, 7) is 2.86. The van der Waals surface area contributed by atoms with Crippen molar-refractivity contribution in [3.05, 3.63) is 38.5 Å². The van der Waals surface area contributed by atoms with Crippen molar-refractivity contribution in [2.24, 2.45) is 0 Å². The summed E-state index contributed by atoms with van der Waals surface area (Å²) in [5.41, 5.74) is 2.84. The lowest BCUT2D eigenvalue weighted by Gasteiger charge is -2.12. The quantitative estimate of drug-likeness (QED) is 0.769. The number of ether oxygens (including phenoxy) is 1. The van der Waals surface area contributed by atoms with Crippen LogP contribution in [0.25, 0.3) is 0 Å². The van der Waals surface area contributed by atoms with Gasteiger partial charge in [-0.05, 0) is 18.4 Å². The Morgan fingerprint density at radius 1 is 1.56 bits per heavy atom. The molecular weight excluding hydrogens is 242 g/mol.